The first kappa shape index (κ1) is 24.3. The fourth-order valence-corrected chi connectivity index (χ4v) is 6.89. The van der Waals surface area contributed by atoms with Gasteiger partial charge in [0.1, 0.15) is 22.7 Å². The number of hydrogen-bond acceptors (Lipinski definition) is 4. The molecule has 1 aliphatic heterocycles. The number of fused-ring (bicyclic) bond motifs is 2. The first-order valence-corrected chi connectivity index (χ1v) is 12.9. The third-order valence-corrected chi connectivity index (χ3v) is 9.64. The Labute approximate surface area is 199 Å². The molecule has 5 atom stereocenters. The maximum absolute atomic E-state index is 13.5. The van der Waals surface area contributed by atoms with Crippen molar-refractivity contribution in [1.29, 1.82) is 0 Å². The summed E-state index contributed by atoms with van der Waals surface area (Å²) in [6, 6.07) is 0. The second-order valence-corrected chi connectivity index (χ2v) is 12.6. The summed E-state index contributed by atoms with van der Waals surface area (Å²) in [7, 11) is 0. The van der Waals surface area contributed by atoms with Gasteiger partial charge in [-0.15, -0.1) is 0 Å². The number of allylic oxidation sites excluding steroid dienone is 4. The fraction of sp³-hybridized carbons (Fsp3) is 0.724. The van der Waals surface area contributed by atoms with Gasteiger partial charge in [0, 0.05) is 17.4 Å². The first-order chi connectivity index (χ1) is 15.2. The lowest BCUT2D eigenvalue weighted by atomic mass is 9.52. The van der Waals surface area contributed by atoms with Crippen LogP contribution < -0.4 is 0 Å². The lowest BCUT2D eigenvalue weighted by Crippen LogP contribution is -2.49. The molecule has 2 fully saturated rings. The molecule has 33 heavy (non-hydrogen) atoms. The zero-order chi connectivity index (χ0) is 24.5. The van der Waals surface area contributed by atoms with Crippen LogP contribution in [0.5, 0.6) is 0 Å². The lowest BCUT2D eigenvalue weighted by molar-refractivity contribution is -0.134. The first-order valence-electron chi connectivity index (χ1n) is 12.9. The Morgan fingerprint density at radius 3 is 2.48 bits per heavy atom. The number of carbonyl (C=O) groups excluding carboxylic acids is 2. The molecule has 0 aromatic rings. The summed E-state index contributed by atoms with van der Waals surface area (Å²) in [5.41, 5.74) is 0.976. The van der Waals surface area contributed by atoms with E-state index in [0.717, 1.165) is 25.7 Å². The van der Waals surface area contributed by atoms with Crippen LogP contribution in [0.15, 0.2) is 34.8 Å². The van der Waals surface area contributed by atoms with Crippen molar-refractivity contribution in [1.82, 2.24) is 0 Å². The van der Waals surface area contributed by atoms with E-state index in [1.54, 1.807) is 0 Å². The third-order valence-electron chi connectivity index (χ3n) is 9.64. The fourth-order valence-electron chi connectivity index (χ4n) is 6.89. The SMILES string of the molecule is C=C1CC[C@@H]2CC3=C(O[C@@]2(C)CC[C@@H]2[C@@H]1CC2(C)C)C(C)(C)C(=O)C(C(=O)[C@@H](C)CC)=C3O. The van der Waals surface area contributed by atoms with E-state index in [9.17, 15) is 14.7 Å². The van der Waals surface area contributed by atoms with E-state index < -0.39 is 11.0 Å². The van der Waals surface area contributed by atoms with Gasteiger partial charge in [0.25, 0.3) is 0 Å². The summed E-state index contributed by atoms with van der Waals surface area (Å²) in [5, 5.41) is 11.2. The van der Waals surface area contributed by atoms with E-state index >= 15 is 0 Å². The summed E-state index contributed by atoms with van der Waals surface area (Å²) >= 11 is 0. The Hall–Kier alpha value is -1.84. The Morgan fingerprint density at radius 2 is 1.88 bits per heavy atom. The monoisotopic (exact) mass is 454 g/mol. The summed E-state index contributed by atoms with van der Waals surface area (Å²) < 4.78 is 6.78. The van der Waals surface area contributed by atoms with E-state index in [4.69, 9.17) is 4.74 Å². The second-order valence-electron chi connectivity index (χ2n) is 12.6. The van der Waals surface area contributed by atoms with Gasteiger partial charge in [-0.3, -0.25) is 9.59 Å². The summed E-state index contributed by atoms with van der Waals surface area (Å²) in [5.74, 6) is 0.988. The average molecular weight is 455 g/mol. The van der Waals surface area contributed by atoms with Crippen molar-refractivity contribution in [3.05, 3.63) is 34.8 Å². The van der Waals surface area contributed by atoms with E-state index in [-0.39, 0.29) is 34.7 Å². The van der Waals surface area contributed by atoms with E-state index in [2.05, 4.69) is 27.4 Å². The summed E-state index contributed by atoms with van der Waals surface area (Å²) in [6.07, 6.45) is 6.41. The van der Waals surface area contributed by atoms with E-state index in [1.807, 2.05) is 27.7 Å². The van der Waals surface area contributed by atoms with Gasteiger partial charge in [0.15, 0.2) is 11.6 Å². The van der Waals surface area contributed by atoms with Crippen LogP contribution in [-0.4, -0.2) is 22.3 Å². The van der Waals surface area contributed by atoms with Crippen LogP contribution in [0.2, 0.25) is 0 Å². The smallest absolute Gasteiger partial charge is 0.183 e. The highest BCUT2D eigenvalue weighted by molar-refractivity contribution is 6.24. The van der Waals surface area contributed by atoms with Gasteiger partial charge in [-0.25, -0.2) is 0 Å². The van der Waals surface area contributed by atoms with Crippen LogP contribution in [0, 0.1) is 34.5 Å². The standard InChI is InChI=1S/C29H42O4/c1-9-16(2)23(30)22-24(31)19-14-18-11-10-17(3)20-15-27(4,5)21(20)12-13-29(18,8)33-26(19)28(6,7)25(22)32/h16,18,20-21,31H,3,9-15H2,1-2,4-8H3/t16-,18+,20+,21+,29-/m0/s1. The molecule has 4 nitrogen and oxygen atoms in total. The second kappa shape index (κ2) is 7.85. The Balaban J connectivity index is 1.74. The zero-order valence-electron chi connectivity index (χ0n) is 21.6. The van der Waals surface area contributed by atoms with Crippen molar-refractivity contribution in [2.24, 2.45) is 34.5 Å². The number of carbonyl (C=O) groups is 2. The molecule has 0 bridgehead atoms. The third kappa shape index (κ3) is 3.63. The van der Waals surface area contributed by atoms with Gasteiger partial charge in [-0.1, -0.05) is 39.8 Å². The molecular formula is C29H42O4. The van der Waals surface area contributed by atoms with Crippen LogP contribution in [0.1, 0.15) is 93.4 Å². The molecule has 0 radical (unpaired) electrons. The van der Waals surface area contributed by atoms with Crippen LogP contribution in [0.25, 0.3) is 0 Å². The van der Waals surface area contributed by atoms with Gasteiger partial charge in [-0.05, 0) is 83.0 Å². The Bertz CT molecular complexity index is 962. The van der Waals surface area contributed by atoms with Crippen molar-refractivity contribution in [3.63, 3.8) is 0 Å². The predicted octanol–water partition coefficient (Wildman–Crippen LogP) is 6.86. The largest absolute Gasteiger partial charge is 0.507 e. The molecule has 0 saturated heterocycles. The molecule has 0 amide bonds. The molecule has 0 spiro atoms. The number of ether oxygens (including phenoxy) is 1. The topological polar surface area (TPSA) is 63.6 Å². The van der Waals surface area contributed by atoms with Gasteiger partial charge in [0.05, 0.1) is 5.41 Å². The molecule has 4 rings (SSSR count). The van der Waals surface area contributed by atoms with Crippen molar-refractivity contribution in [2.75, 3.05) is 0 Å². The quantitative estimate of drug-likeness (QED) is 0.373. The summed E-state index contributed by atoms with van der Waals surface area (Å²) in [6.45, 7) is 18.8. The molecule has 1 N–H and O–H groups in total. The lowest BCUT2D eigenvalue weighted by Gasteiger charge is -2.53. The normalized spacial score (nSPS) is 36.3. The highest BCUT2D eigenvalue weighted by Crippen LogP contribution is 2.59. The Kier molecular flexibility index (Phi) is 5.78. The van der Waals surface area contributed by atoms with Gasteiger partial charge in [0.2, 0.25) is 0 Å². The number of hydrogen-bond donors (Lipinski definition) is 1. The average Bonchev–Trinajstić information content (AvgIpc) is 2.78. The molecule has 182 valence electrons. The number of aliphatic hydroxyl groups is 1. The maximum atomic E-state index is 13.5. The minimum Gasteiger partial charge on any atom is -0.507 e. The zero-order valence-corrected chi connectivity index (χ0v) is 21.6. The van der Waals surface area contributed by atoms with Crippen molar-refractivity contribution < 1.29 is 19.4 Å². The van der Waals surface area contributed by atoms with Crippen LogP contribution in [0.4, 0.5) is 0 Å². The van der Waals surface area contributed by atoms with Crippen LogP contribution >= 0.6 is 0 Å². The number of Topliss-reactive ketones (excluding diaryl/α,β-unsaturated/α-hetero) is 2. The molecule has 2 saturated carbocycles. The molecular weight excluding hydrogens is 412 g/mol. The van der Waals surface area contributed by atoms with Crippen LogP contribution in [-0.2, 0) is 14.3 Å². The number of ketones is 2. The minimum atomic E-state index is -0.964. The molecule has 0 aromatic carbocycles. The van der Waals surface area contributed by atoms with Crippen molar-refractivity contribution in [3.8, 4) is 0 Å². The highest BCUT2D eigenvalue weighted by Gasteiger charge is 2.55. The minimum absolute atomic E-state index is 0.0208. The maximum Gasteiger partial charge on any atom is 0.183 e. The Morgan fingerprint density at radius 1 is 1.21 bits per heavy atom. The molecule has 3 aliphatic carbocycles. The van der Waals surface area contributed by atoms with E-state index in [0.29, 0.717) is 41.4 Å². The molecule has 0 unspecified atom stereocenters. The molecule has 4 aliphatic rings. The van der Waals surface area contributed by atoms with Crippen molar-refractivity contribution in [2.45, 2.75) is 99.0 Å². The van der Waals surface area contributed by atoms with Crippen molar-refractivity contribution >= 4 is 11.6 Å². The number of rotatable bonds is 3. The van der Waals surface area contributed by atoms with E-state index in [1.165, 1.54) is 12.0 Å². The molecule has 4 heteroatoms. The van der Waals surface area contributed by atoms with Gasteiger partial charge in [-0.2, -0.15) is 0 Å². The van der Waals surface area contributed by atoms with Gasteiger partial charge >= 0.3 is 0 Å². The number of aliphatic hydroxyl groups excluding tert-OH is 1. The van der Waals surface area contributed by atoms with Crippen LogP contribution in [0.3, 0.4) is 0 Å². The molecule has 0 aromatic heterocycles. The highest BCUT2D eigenvalue weighted by atomic mass is 16.5. The summed E-state index contributed by atoms with van der Waals surface area (Å²) in [4.78, 5) is 26.6. The predicted molar refractivity (Wildman–Crippen MR) is 131 cm³/mol. The van der Waals surface area contributed by atoms with Gasteiger partial charge < -0.3 is 9.84 Å². The molecule has 1 heterocycles.